The molecule has 1 aromatic carbocycles. The Labute approximate surface area is 102 Å². The molecule has 1 aromatic rings. The topological polar surface area (TPSA) is 32.7 Å². The van der Waals surface area contributed by atoms with Gasteiger partial charge in [-0.05, 0) is 24.0 Å². The lowest BCUT2D eigenvalue weighted by Gasteiger charge is -2.40. The van der Waals surface area contributed by atoms with Crippen LogP contribution in [0.15, 0.2) is 24.3 Å². The standard InChI is InChI=1S/C14H19NO2/c16-13-6-5-11-3-1-2-4-12(11)14(13)15-7-9-17-10-8-15/h1-4,13-14,16H,5-10H2/t13-,14-/m0/s1. The molecule has 1 aliphatic heterocycles. The fourth-order valence-electron chi connectivity index (χ4n) is 3.01. The Kier molecular flexibility index (Phi) is 3.14. The molecule has 0 unspecified atom stereocenters. The third-order valence-electron chi connectivity index (χ3n) is 3.89. The summed E-state index contributed by atoms with van der Waals surface area (Å²) in [7, 11) is 0. The fourth-order valence-corrected chi connectivity index (χ4v) is 3.01. The molecule has 0 aromatic heterocycles. The van der Waals surface area contributed by atoms with Crippen molar-refractivity contribution in [3.05, 3.63) is 35.4 Å². The van der Waals surface area contributed by atoms with Crippen molar-refractivity contribution in [2.24, 2.45) is 0 Å². The molecule has 0 bridgehead atoms. The van der Waals surface area contributed by atoms with Crippen LogP contribution in [0.2, 0.25) is 0 Å². The minimum atomic E-state index is -0.233. The average Bonchev–Trinajstić information content (AvgIpc) is 2.39. The van der Waals surface area contributed by atoms with Crippen LogP contribution in [0.4, 0.5) is 0 Å². The maximum Gasteiger partial charge on any atom is 0.0740 e. The molecule has 2 aliphatic rings. The molecule has 1 heterocycles. The molecule has 0 radical (unpaired) electrons. The minimum Gasteiger partial charge on any atom is -0.391 e. The van der Waals surface area contributed by atoms with E-state index in [-0.39, 0.29) is 12.1 Å². The van der Waals surface area contributed by atoms with Gasteiger partial charge in [0.05, 0.1) is 25.4 Å². The van der Waals surface area contributed by atoms with E-state index in [1.165, 1.54) is 11.1 Å². The molecule has 0 saturated carbocycles. The highest BCUT2D eigenvalue weighted by atomic mass is 16.5. The molecular formula is C14H19NO2. The van der Waals surface area contributed by atoms with Crippen LogP contribution in [0, 0.1) is 0 Å². The summed E-state index contributed by atoms with van der Waals surface area (Å²) in [6.07, 6.45) is 1.64. The van der Waals surface area contributed by atoms with Crippen molar-refractivity contribution >= 4 is 0 Å². The lowest BCUT2D eigenvalue weighted by molar-refractivity contribution is -0.0283. The normalized spacial score (nSPS) is 29.9. The number of hydrogen-bond donors (Lipinski definition) is 1. The zero-order valence-electron chi connectivity index (χ0n) is 10.0. The summed E-state index contributed by atoms with van der Waals surface area (Å²) in [4.78, 5) is 2.37. The van der Waals surface area contributed by atoms with E-state index >= 15 is 0 Å². The number of fused-ring (bicyclic) bond motifs is 1. The first-order valence-electron chi connectivity index (χ1n) is 6.44. The highest BCUT2D eigenvalue weighted by Crippen LogP contribution is 2.34. The predicted octanol–water partition coefficient (Wildman–Crippen LogP) is 1.37. The van der Waals surface area contributed by atoms with Gasteiger partial charge in [-0.1, -0.05) is 24.3 Å². The van der Waals surface area contributed by atoms with E-state index in [0.29, 0.717) is 0 Å². The maximum atomic E-state index is 10.3. The summed E-state index contributed by atoms with van der Waals surface area (Å²) in [5, 5.41) is 10.3. The number of rotatable bonds is 1. The van der Waals surface area contributed by atoms with Gasteiger partial charge in [0.25, 0.3) is 0 Å². The van der Waals surface area contributed by atoms with Crippen molar-refractivity contribution in [2.45, 2.75) is 25.0 Å². The van der Waals surface area contributed by atoms with Gasteiger partial charge in [-0.15, -0.1) is 0 Å². The quantitative estimate of drug-likeness (QED) is 0.795. The Morgan fingerprint density at radius 3 is 2.76 bits per heavy atom. The van der Waals surface area contributed by atoms with Crippen molar-refractivity contribution in [3.8, 4) is 0 Å². The summed E-state index contributed by atoms with van der Waals surface area (Å²) in [5.74, 6) is 0. The number of morpholine rings is 1. The van der Waals surface area contributed by atoms with Crippen molar-refractivity contribution in [1.82, 2.24) is 4.90 Å². The van der Waals surface area contributed by atoms with Gasteiger partial charge in [-0.3, -0.25) is 4.90 Å². The molecular weight excluding hydrogens is 214 g/mol. The van der Waals surface area contributed by atoms with E-state index in [4.69, 9.17) is 4.74 Å². The van der Waals surface area contributed by atoms with Gasteiger partial charge < -0.3 is 9.84 Å². The SMILES string of the molecule is O[C@H]1CCc2ccccc2[C@@H]1N1CCOCC1. The van der Waals surface area contributed by atoms with Gasteiger partial charge in [0.1, 0.15) is 0 Å². The summed E-state index contributed by atoms with van der Waals surface area (Å²) in [6, 6.07) is 8.69. The van der Waals surface area contributed by atoms with E-state index < -0.39 is 0 Å². The lowest BCUT2D eigenvalue weighted by Crippen LogP contribution is -2.45. The zero-order chi connectivity index (χ0) is 11.7. The van der Waals surface area contributed by atoms with Crippen LogP contribution in [0.5, 0.6) is 0 Å². The number of hydrogen-bond acceptors (Lipinski definition) is 3. The molecule has 2 atom stereocenters. The van der Waals surface area contributed by atoms with Crippen LogP contribution in [-0.2, 0) is 11.2 Å². The smallest absolute Gasteiger partial charge is 0.0740 e. The first kappa shape index (κ1) is 11.2. The second-order valence-electron chi connectivity index (χ2n) is 4.90. The van der Waals surface area contributed by atoms with Gasteiger partial charge in [0.15, 0.2) is 0 Å². The molecule has 0 spiro atoms. The Balaban J connectivity index is 1.91. The summed E-state index contributed by atoms with van der Waals surface area (Å²) in [5.41, 5.74) is 2.71. The number of benzene rings is 1. The fraction of sp³-hybridized carbons (Fsp3) is 0.571. The van der Waals surface area contributed by atoms with E-state index in [2.05, 4.69) is 29.2 Å². The third kappa shape index (κ3) is 2.10. The van der Waals surface area contributed by atoms with Crippen LogP contribution in [0.3, 0.4) is 0 Å². The first-order chi connectivity index (χ1) is 8.36. The van der Waals surface area contributed by atoms with E-state index in [1.807, 2.05) is 0 Å². The molecule has 3 nitrogen and oxygen atoms in total. The number of aryl methyl sites for hydroxylation is 1. The molecule has 92 valence electrons. The number of nitrogens with zero attached hydrogens (tertiary/aromatic N) is 1. The molecule has 1 fully saturated rings. The Morgan fingerprint density at radius 2 is 1.94 bits per heavy atom. The summed E-state index contributed by atoms with van der Waals surface area (Å²) < 4.78 is 5.39. The minimum absolute atomic E-state index is 0.170. The van der Waals surface area contributed by atoms with E-state index in [1.54, 1.807) is 0 Å². The molecule has 1 saturated heterocycles. The third-order valence-corrected chi connectivity index (χ3v) is 3.89. The van der Waals surface area contributed by atoms with Crippen LogP contribution in [0.25, 0.3) is 0 Å². The first-order valence-corrected chi connectivity index (χ1v) is 6.44. The van der Waals surface area contributed by atoms with Crippen LogP contribution in [0.1, 0.15) is 23.6 Å². The van der Waals surface area contributed by atoms with Gasteiger partial charge in [0.2, 0.25) is 0 Å². The summed E-state index contributed by atoms with van der Waals surface area (Å²) >= 11 is 0. The molecule has 1 aliphatic carbocycles. The maximum absolute atomic E-state index is 10.3. The monoisotopic (exact) mass is 233 g/mol. The van der Waals surface area contributed by atoms with Gasteiger partial charge in [0, 0.05) is 13.1 Å². The second-order valence-corrected chi connectivity index (χ2v) is 4.90. The largest absolute Gasteiger partial charge is 0.391 e. The zero-order valence-corrected chi connectivity index (χ0v) is 10.0. The second kappa shape index (κ2) is 4.77. The van der Waals surface area contributed by atoms with Crippen molar-refractivity contribution in [2.75, 3.05) is 26.3 Å². The van der Waals surface area contributed by atoms with E-state index in [9.17, 15) is 5.11 Å². The molecule has 0 amide bonds. The van der Waals surface area contributed by atoms with Gasteiger partial charge in [-0.25, -0.2) is 0 Å². The predicted molar refractivity (Wildman–Crippen MR) is 65.9 cm³/mol. The van der Waals surface area contributed by atoms with Crippen molar-refractivity contribution < 1.29 is 9.84 Å². The Morgan fingerprint density at radius 1 is 1.18 bits per heavy atom. The molecule has 17 heavy (non-hydrogen) atoms. The van der Waals surface area contributed by atoms with Gasteiger partial charge in [-0.2, -0.15) is 0 Å². The van der Waals surface area contributed by atoms with Crippen LogP contribution < -0.4 is 0 Å². The Bertz CT molecular complexity index is 388. The molecule has 1 N–H and O–H groups in total. The highest BCUT2D eigenvalue weighted by Gasteiger charge is 2.33. The molecule has 3 heteroatoms. The number of ether oxygens (including phenoxy) is 1. The van der Waals surface area contributed by atoms with Crippen LogP contribution >= 0.6 is 0 Å². The number of aliphatic hydroxyl groups is 1. The Hall–Kier alpha value is -0.900. The summed E-state index contributed by atoms with van der Waals surface area (Å²) in [6.45, 7) is 3.42. The van der Waals surface area contributed by atoms with Gasteiger partial charge >= 0.3 is 0 Å². The van der Waals surface area contributed by atoms with Crippen molar-refractivity contribution in [3.63, 3.8) is 0 Å². The van der Waals surface area contributed by atoms with E-state index in [0.717, 1.165) is 39.1 Å². The number of aliphatic hydroxyl groups excluding tert-OH is 1. The molecule has 3 rings (SSSR count). The van der Waals surface area contributed by atoms with Crippen molar-refractivity contribution in [1.29, 1.82) is 0 Å². The van der Waals surface area contributed by atoms with Crippen LogP contribution in [-0.4, -0.2) is 42.4 Å². The average molecular weight is 233 g/mol. The highest BCUT2D eigenvalue weighted by molar-refractivity contribution is 5.33. The lowest BCUT2D eigenvalue weighted by atomic mass is 9.84.